The van der Waals surface area contributed by atoms with Crippen LogP contribution in [0.15, 0.2) is 35.5 Å². The van der Waals surface area contributed by atoms with Gasteiger partial charge < -0.3 is 10.1 Å². The highest BCUT2D eigenvalue weighted by Gasteiger charge is 2.13. The van der Waals surface area contributed by atoms with Gasteiger partial charge >= 0.3 is 5.97 Å². The zero-order valence-electron chi connectivity index (χ0n) is 14.8. The molecular formula is C18H20ClN3O3S. The Morgan fingerprint density at radius 1 is 1.23 bits per heavy atom. The number of esters is 1. The molecule has 8 heteroatoms. The Morgan fingerprint density at radius 3 is 2.58 bits per heavy atom. The van der Waals surface area contributed by atoms with Crippen LogP contribution in [0.5, 0.6) is 0 Å². The SMILES string of the molecule is Cc1cc(C)nc(SCC(=O)OCC(=O)N[C@@H](C)c2cccc(Cl)c2)n1. The molecule has 0 spiro atoms. The predicted molar refractivity (Wildman–Crippen MR) is 101 cm³/mol. The van der Waals surface area contributed by atoms with Crippen LogP contribution in [-0.2, 0) is 14.3 Å². The van der Waals surface area contributed by atoms with Crippen molar-refractivity contribution in [2.24, 2.45) is 0 Å². The maximum atomic E-state index is 11.9. The molecular weight excluding hydrogens is 374 g/mol. The Balaban J connectivity index is 1.75. The zero-order valence-corrected chi connectivity index (χ0v) is 16.4. The lowest BCUT2D eigenvalue weighted by Crippen LogP contribution is -2.31. The molecule has 1 aromatic heterocycles. The number of hydrogen-bond donors (Lipinski definition) is 1. The quantitative estimate of drug-likeness (QED) is 0.441. The number of carbonyl (C=O) groups is 2. The fraction of sp³-hybridized carbons (Fsp3) is 0.333. The predicted octanol–water partition coefficient (Wildman–Crippen LogP) is 3.26. The third-order valence-corrected chi connectivity index (χ3v) is 4.43. The molecule has 0 saturated carbocycles. The first-order chi connectivity index (χ1) is 12.3. The number of halogens is 1. The number of amides is 1. The molecule has 1 atom stereocenters. The van der Waals surface area contributed by atoms with Crippen LogP contribution < -0.4 is 5.32 Å². The number of nitrogens with zero attached hydrogens (tertiary/aromatic N) is 2. The lowest BCUT2D eigenvalue weighted by Gasteiger charge is -2.14. The number of thioether (sulfide) groups is 1. The van der Waals surface area contributed by atoms with E-state index in [0.717, 1.165) is 17.0 Å². The van der Waals surface area contributed by atoms with Crippen LogP contribution in [0.3, 0.4) is 0 Å². The minimum Gasteiger partial charge on any atom is -0.455 e. The lowest BCUT2D eigenvalue weighted by atomic mass is 10.1. The molecule has 0 unspecified atom stereocenters. The Bertz CT molecular complexity index is 781. The Morgan fingerprint density at radius 2 is 1.92 bits per heavy atom. The summed E-state index contributed by atoms with van der Waals surface area (Å²) >= 11 is 7.12. The molecule has 26 heavy (non-hydrogen) atoms. The largest absolute Gasteiger partial charge is 0.455 e. The van der Waals surface area contributed by atoms with Gasteiger partial charge in [-0.2, -0.15) is 0 Å². The first-order valence-electron chi connectivity index (χ1n) is 7.99. The summed E-state index contributed by atoms with van der Waals surface area (Å²) in [6, 6.07) is 8.83. The molecule has 0 aliphatic carbocycles. The number of ether oxygens (including phenoxy) is 1. The maximum absolute atomic E-state index is 11.9. The molecule has 0 radical (unpaired) electrons. The second-order valence-corrected chi connectivity index (χ2v) is 7.11. The van der Waals surface area contributed by atoms with E-state index < -0.39 is 5.97 Å². The summed E-state index contributed by atoms with van der Waals surface area (Å²) in [6.45, 7) is 5.22. The number of nitrogens with one attached hydrogen (secondary N) is 1. The van der Waals surface area contributed by atoms with Crippen molar-refractivity contribution in [3.63, 3.8) is 0 Å². The van der Waals surface area contributed by atoms with Crippen LogP contribution in [-0.4, -0.2) is 34.2 Å². The van der Waals surface area contributed by atoms with Gasteiger partial charge in [0.2, 0.25) is 0 Å². The van der Waals surface area contributed by atoms with E-state index in [-0.39, 0.29) is 24.3 Å². The summed E-state index contributed by atoms with van der Waals surface area (Å²) in [4.78, 5) is 32.2. The topological polar surface area (TPSA) is 81.2 Å². The van der Waals surface area contributed by atoms with Gasteiger partial charge in [-0.25, -0.2) is 9.97 Å². The molecule has 1 heterocycles. The van der Waals surface area contributed by atoms with Crippen molar-refractivity contribution in [3.05, 3.63) is 52.3 Å². The molecule has 138 valence electrons. The molecule has 2 rings (SSSR count). The highest BCUT2D eigenvalue weighted by Crippen LogP contribution is 2.17. The minimum absolute atomic E-state index is 0.0417. The standard InChI is InChI=1S/C18H20ClN3O3S/c1-11-7-12(2)21-18(20-11)26-10-17(24)25-9-16(23)22-13(3)14-5-4-6-15(19)8-14/h4-8,13H,9-10H2,1-3H3,(H,22,23)/t13-/m0/s1. The smallest absolute Gasteiger partial charge is 0.316 e. The van der Waals surface area contributed by atoms with E-state index in [9.17, 15) is 9.59 Å². The molecule has 1 N–H and O–H groups in total. The number of benzene rings is 1. The average Bonchev–Trinajstić information content (AvgIpc) is 2.57. The van der Waals surface area contributed by atoms with Gasteiger partial charge in [0, 0.05) is 16.4 Å². The first kappa shape index (κ1) is 20.2. The number of hydrogen-bond acceptors (Lipinski definition) is 6. The van der Waals surface area contributed by atoms with Crippen molar-refractivity contribution in [2.45, 2.75) is 32.0 Å². The molecule has 0 aliphatic heterocycles. The molecule has 0 fully saturated rings. The van der Waals surface area contributed by atoms with Gasteiger partial charge in [-0.05, 0) is 44.5 Å². The highest BCUT2D eigenvalue weighted by atomic mass is 35.5. The fourth-order valence-corrected chi connectivity index (χ4v) is 3.16. The van der Waals surface area contributed by atoms with Crippen molar-refractivity contribution in [3.8, 4) is 0 Å². The molecule has 1 aromatic carbocycles. The van der Waals surface area contributed by atoms with E-state index in [2.05, 4.69) is 15.3 Å². The molecule has 6 nitrogen and oxygen atoms in total. The van der Waals surface area contributed by atoms with Crippen molar-refractivity contribution >= 4 is 35.2 Å². The number of aryl methyl sites for hydroxylation is 2. The van der Waals surface area contributed by atoms with Gasteiger partial charge in [0.05, 0.1) is 11.8 Å². The first-order valence-corrected chi connectivity index (χ1v) is 9.35. The van der Waals surface area contributed by atoms with Crippen LogP contribution in [0.4, 0.5) is 0 Å². The summed E-state index contributed by atoms with van der Waals surface area (Å²) in [5, 5.41) is 3.87. The summed E-state index contributed by atoms with van der Waals surface area (Å²) < 4.78 is 4.99. The Kier molecular flexibility index (Phi) is 7.41. The monoisotopic (exact) mass is 393 g/mol. The van der Waals surface area contributed by atoms with Crippen LogP contribution in [0, 0.1) is 13.8 Å². The lowest BCUT2D eigenvalue weighted by molar-refractivity contribution is -0.146. The van der Waals surface area contributed by atoms with Gasteiger partial charge in [-0.3, -0.25) is 9.59 Å². The van der Waals surface area contributed by atoms with E-state index in [0.29, 0.717) is 10.2 Å². The van der Waals surface area contributed by atoms with E-state index in [4.69, 9.17) is 16.3 Å². The molecule has 1 amide bonds. The second-order valence-electron chi connectivity index (χ2n) is 5.73. The molecule has 2 aromatic rings. The fourth-order valence-electron chi connectivity index (χ4n) is 2.21. The van der Waals surface area contributed by atoms with Crippen molar-refractivity contribution in [2.75, 3.05) is 12.4 Å². The van der Waals surface area contributed by atoms with E-state index >= 15 is 0 Å². The summed E-state index contributed by atoms with van der Waals surface area (Å²) in [7, 11) is 0. The third kappa shape index (κ3) is 6.65. The van der Waals surface area contributed by atoms with Crippen molar-refractivity contribution in [1.82, 2.24) is 15.3 Å². The van der Waals surface area contributed by atoms with Crippen LogP contribution in [0.25, 0.3) is 0 Å². The third-order valence-electron chi connectivity index (χ3n) is 3.37. The van der Waals surface area contributed by atoms with Crippen molar-refractivity contribution in [1.29, 1.82) is 0 Å². The zero-order chi connectivity index (χ0) is 19.1. The van der Waals surface area contributed by atoms with Crippen molar-refractivity contribution < 1.29 is 14.3 Å². The summed E-state index contributed by atoms with van der Waals surface area (Å²) in [6.07, 6.45) is 0. The van der Waals surface area contributed by atoms with Gasteiger partial charge in [0.1, 0.15) is 0 Å². The second kappa shape index (κ2) is 9.54. The highest BCUT2D eigenvalue weighted by molar-refractivity contribution is 7.99. The van der Waals surface area contributed by atoms with E-state index in [1.54, 1.807) is 12.1 Å². The average molecular weight is 394 g/mol. The van der Waals surface area contributed by atoms with Gasteiger partial charge in [-0.1, -0.05) is 35.5 Å². The van der Waals surface area contributed by atoms with Gasteiger partial charge in [-0.15, -0.1) is 0 Å². The number of aromatic nitrogens is 2. The Labute approximate surface area is 161 Å². The summed E-state index contributed by atoms with van der Waals surface area (Å²) in [5.41, 5.74) is 2.55. The summed E-state index contributed by atoms with van der Waals surface area (Å²) in [5.74, 6) is -0.832. The van der Waals surface area contributed by atoms with E-state index in [1.807, 2.05) is 39.0 Å². The molecule has 0 bridgehead atoms. The van der Waals surface area contributed by atoms with Crippen LogP contribution >= 0.6 is 23.4 Å². The minimum atomic E-state index is -0.497. The Hall–Kier alpha value is -2.12. The van der Waals surface area contributed by atoms with Crippen LogP contribution in [0.2, 0.25) is 5.02 Å². The normalized spacial score (nSPS) is 11.7. The van der Waals surface area contributed by atoms with Gasteiger partial charge in [0.15, 0.2) is 11.8 Å². The van der Waals surface area contributed by atoms with Gasteiger partial charge in [0.25, 0.3) is 5.91 Å². The molecule has 0 saturated heterocycles. The number of carbonyl (C=O) groups excluding carboxylic acids is 2. The molecule has 0 aliphatic rings. The maximum Gasteiger partial charge on any atom is 0.316 e. The van der Waals surface area contributed by atoms with E-state index in [1.165, 1.54) is 11.8 Å². The van der Waals surface area contributed by atoms with Crippen LogP contribution in [0.1, 0.15) is 29.9 Å². The number of rotatable bonds is 7.